The van der Waals surface area contributed by atoms with Crippen LogP contribution in [0, 0.1) is 13.8 Å². The van der Waals surface area contributed by atoms with Crippen LogP contribution in [0.2, 0.25) is 0 Å². The second-order valence-corrected chi connectivity index (χ2v) is 9.42. The summed E-state index contributed by atoms with van der Waals surface area (Å²) in [6, 6.07) is 4.10. The van der Waals surface area contributed by atoms with Crippen molar-refractivity contribution < 1.29 is 14.6 Å². The van der Waals surface area contributed by atoms with Gasteiger partial charge in [-0.3, -0.25) is 9.59 Å². The number of nitrogens with one attached hydrogen (secondary N) is 1. The summed E-state index contributed by atoms with van der Waals surface area (Å²) in [7, 11) is 0. The number of H-pyrrole nitrogens is 1. The Hall–Kier alpha value is -3.00. The molecule has 182 valence electrons. The maximum absolute atomic E-state index is 12.5. The van der Waals surface area contributed by atoms with E-state index in [1.165, 1.54) is 0 Å². The van der Waals surface area contributed by atoms with E-state index in [1.807, 2.05) is 13.0 Å². The predicted molar refractivity (Wildman–Crippen MR) is 131 cm³/mol. The van der Waals surface area contributed by atoms with Crippen molar-refractivity contribution in [1.82, 2.24) is 9.97 Å². The van der Waals surface area contributed by atoms with Crippen molar-refractivity contribution in [2.45, 2.75) is 83.8 Å². The lowest BCUT2D eigenvalue weighted by atomic mass is 9.95. The smallest absolute Gasteiger partial charge is 0.306 e. The molecule has 1 aliphatic heterocycles. The molecule has 8 heteroatoms. The highest BCUT2D eigenvalue weighted by Gasteiger charge is 2.26. The van der Waals surface area contributed by atoms with Crippen LogP contribution in [0.25, 0.3) is 6.58 Å². The number of nitrogens with zero attached hydrogens (tertiary/aromatic N) is 3. The van der Waals surface area contributed by atoms with Gasteiger partial charge in [0.05, 0.1) is 17.5 Å². The first-order valence-electron chi connectivity index (χ1n) is 12.3. The number of ether oxygens (including phenoxy) is 1. The predicted octanol–water partition coefficient (Wildman–Crippen LogP) is 3.00. The fraction of sp³-hybridized carbons (Fsp3) is 0.538. The van der Waals surface area contributed by atoms with Crippen molar-refractivity contribution in [1.29, 1.82) is 0 Å². The van der Waals surface area contributed by atoms with Crippen molar-refractivity contribution >= 4 is 29.7 Å². The zero-order valence-electron chi connectivity index (χ0n) is 20.1. The van der Waals surface area contributed by atoms with Crippen molar-refractivity contribution in [2.75, 3.05) is 11.4 Å². The number of aliphatic hydroxyl groups excluding tert-OH is 1. The van der Waals surface area contributed by atoms with E-state index in [-0.39, 0.29) is 17.6 Å². The number of aliphatic hydroxyl groups is 1. The highest BCUT2D eigenvalue weighted by molar-refractivity contribution is 5.77. The highest BCUT2D eigenvalue weighted by atomic mass is 16.6. The second kappa shape index (κ2) is 10.5. The van der Waals surface area contributed by atoms with E-state index in [0.717, 1.165) is 67.4 Å². The van der Waals surface area contributed by atoms with Gasteiger partial charge in [0.15, 0.2) is 11.2 Å². The first kappa shape index (κ1) is 24.1. The molecule has 1 aromatic heterocycles. The van der Waals surface area contributed by atoms with Gasteiger partial charge in [0, 0.05) is 13.0 Å². The average molecular weight is 467 g/mol. The van der Waals surface area contributed by atoms with Gasteiger partial charge in [0.1, 0.15) is 11.6 Å². The number of aryl methyl sites for hydroxylation is 2. The van der Waals surface area contributed by atoms with E-state index in [9.17, 15) is 14.7 Å². The number of esters is 1. The summed E-state index contributed by atoms with van der Waals surface area (Å²) in [5.74, 6) is 0.322. The Morgan fingerprint density at radius 2 is 1.91 bits per heavy atom. The van der Waals surface area contributed by atoms with Gasteiger partial charge in [-0.25, -0.2) is 9.98 Å². The number of hydrogen-bond donors (Lipinski definition) is 2. The largest absolute Gasteiger partial charge is 0.460 e. The molecule has 0 bridgehead atoms. The Morgan fingerprint density at radius 1 is 1.18 bits per heavy atom. The number of hydrogen-bond acceptors (Lipinski definition) is 7. The topological polar surface area (TPSA) is 108 Å². The van der Waals surface area contributed by atoms with Gasteiger partial charge >= 0.3 is 5.97 Å². The molecule has 2 aromatic rings. The van der Waals surface area contributed by atoms with E-state index < -0.39 is 6.10 Å². The van der Waals surface area contributed by atoms with Gasteiger partial charge in [-0.05, 0) is 69.2 Å². The van der Waals surface area contributed by atoms with E-state index in [4.69, 9.17) is 4.74 Å². The molecule has 8 nitrogen and oxygen atoms in total. The van der Waals surface area contributed by atoms with E-state index in [1.54, 1.807) is 0 Å². The van der Waals surface area contributed by atoms with Gasteiger partial charge in [-0.15, -0.1) is 0 Å². The Balaban J connectivity index is 1.35. The summed E-state index contributed by atoms with van der Waals surface area (Å²) in [4.78, 5) is 38.4. The van der Waals surface area contributed by atoms with Crippen LogP contribution in [0.4, 0.5) is 17.2 Å². The third kappa shape index (κ3) is 5.38. The van der Waals surface area contributed by atoms with E-state index in [2.05, 4.69) is 39.4 Å². The van der Waals surface area contributed by atoms with Crippen molar-refractivity contribution in [3.63, 3.8) is 0 Å². The molecule has 1 fully saturated rings. The fourth-order valence-electron chi connectivity index (χ4n) is 4.68. The Morgan fingerprint density at radius 3 is 2.71 bits per heavy atom. The van der Waals surface area contributed by atoms with Crippen molar-refractivity contribution in [3.05, 3.63) is 44.5 Å². The fourth-order valence-corrected chi connectivity index (χ4v) is 4.68. The summed E-state index contributed by atoms with van der Waals surface area (Å²) in [5, 5.41) is 10.3. The van der Waals surface area contributed by atoms with Crippen LogP contribution in [-0.2, 0) is 9.53 Å². The number of aromatic nitrogens is 2. The molecule has 2 aliphatic rings. The zero-order valence-corrected chi connectivity index (χ0v) is 20.1. The van der Waals surface area contributed by atoms with Gasteiger partial charge in [0.2, 0.25) is 0 Å². The normalized spacial score (nSPS) is 19.2. The van der Waals surface area contributed by atoms with Crippen LogP contribution in [0.15, 0.2) is 21.9 Å². The molecule has 2 N–H and O–H groups in total. The monoisotopic (exact) mass is 466 g/mol. The minimum atomic E-state index is -0.521. The Bertz CT molecular complexity index is 1220. The molecular formula is C26H34N4O4. The molecule has 2 atom stereocenters. The van der Waals surface area contributed by atoms with Gasteiger partial charge in [-0.2, -0.15) is 0 Å². The summed E-state index contributed by atoms with van der Waals surface area (Å²) in [5.41, 5.74) is 4.03. The molecule has 4 rings (SSSR count). The minimum absolute atomic E-state index is 0.219. The third-order valence-corrected chi connectivity index (χ3v) is 6.76. The maximum atomic E-state index is 12.5. The molecule has 0 amide bonds. The number of aromatic amines is 1. The third-order valence-electron chi connectivity index (χ3n) is 6.76. The molecule has 0 saturated heterocycles. The number of carbonyl (C=O) groups excluding carboxylic acids is 1. The standard InChI is InChI=1S/C26H34N4O4/c1-16-14-19-20(15-17(16)2)30(25-24(29-19)26(33)28-18(3)27-25)13-9-5-4-6-12-23(32)34-22-11-8-7-10-21(22)31/h14-15,21-22,31H,3-13H2,1-2H3,(H,28,33). The van der Waals surface area contributed by atoms with Crippen LogP contribution >= 0.6 is 0 Å². The first-order chi connectivity index (χ1) is 16.3. The van der Waals surface area contributed by atoms with Gasteiger partial charge < -0.3 is 19.7 Å². The lowest BCUT2D eigenvalue weighted by molar-refractivity contribution is -0.157. The SMILES string of the molecule is C=c1nc2c(c(=O)[nH]1)=Nc1cc(C)c(C)cc1N2CCCCCCC(=O)OC1CCCCC1O. The molecule has 1 saturated carbocycles. The van der Waals surface area contributed by atoms with Crippen LogP contribution < -0.4 is 21.3 Å². The lowest BCUT2D eigenvalue weighted by Crippen LogP contribution is -2.42. The lowest BCUT2D eigenvalue weighted by Gasteiger charge is -2.28. The van der Waals surface area contributed by atoms with Crippen molar-refractivity contribution in [2.24, 2.45) is 4.99 Å². The van der Waals surface area contributed by atoms with Crippen LogP contribution in [0.5, 0.6) is 0 Å². The summed E-state index contributed by atoms with van der Waals surface area (Å²) in [6.07, 6.45) is 6.43. The summed E-state index contributed by atoms with van der Waals surface area (Å²) in [6.45, 7) is 8.58. The molecule has 0 spiro atoms. The number of fused-ring (bicyclic) bond motifs is 2. The van der Waals surface area contributed by atoms with Crippen molar-refractivity contribution in [3.8, 4) is 0 Å². The maximum Gasteiger partial charge on any atom is 0.306 e. The summed E-state index contributed by atoms with van der Waals surface area (Å²) >= 11 is 0. The average Bonchev–Trinajstić information content (AvgIpc) is 2.79. The summed E-state index contributed by atoms with van der Waals surface area (Å²) < 4.78 is 5.47. The number of unbranched alkanes of at least 4 members (excludes halogenated alkanes) is 3. The van der Waals surface area contributed by atoms with E-state index >= 15 is 0 Å². The molecule has 2 heterocycles. The second-order valence-electron chi connectivity index (χ2n) is 9.42. The van der Waals surface area contributed by atoms with Crippen LogP contribution in [-0.4, -0.2) is 39.8 Å². The molecule has 0 radical (unpaired) electrons. The Labute approximate surface area is 199 Å². The number of carbonyl (C=O) groups is 1. The number of benzene rings is 1. The van der Waals surface area contributed by atoms with Gasteiger partial charge in [0.25, 0.3) is 5.56 Å². The molecular weight excluding hydrogens is 432 g/mol. The molecule has 2 unspecified atom stereocenters. The number of anilines is 2. The van der Waals surface area contributed by atoms with Crippen LogP contribution in [0.3, 0.4) is 0 Å². The molecule has 34 heavy (non-hydrogen) atoms. The Kier molecular flexibility index (Phi) is 7.46. The van der Waals surface area contributed by atoms with E-state index in [0.29, 0.717) is 36.0 Å². The first-order valence-corrected chi connectivity index (χ1v) is 12.3. The minimum Gasteiger partial charge on any atom is -0.460 e. The molecule has 1 aliphatic carbocycles. The zero-order chi connectivity index (χ0) is 24.2. The number of rotatable bonds is 8. The quantitative estimate of drug-likeness (QED) is 0.457. The van der Waals surface area contributed by atoms with Crippen LogP contribution in [0.1, 0.15) is 68.9 Å². The highest BCUT2D eigenvalue weighted by Crippen LogP contribution is 2.36. The molecule has 1 aromatic carbocycles. The van der Waals surface area contributed by atoms with Gasteiger partial charge in [-0.1, -0.05) is 25.8 Å².